The predicted molar refractivity (Wildman–Crippen MR) is 94.1 cm³/mol. The highest BCUT2D eigenvalue weighted by atomic mass is 16.4. The first-order valence-electron chi connectivity index (χ1n) is 9.36. The number of carbonyl (C=O) groups is 1. The summed E-state index contributed by atoms with van der Waals surface area (Å²) in [5, 5.41) is 4.11. The summed E-state index contributed by atoms with van der Waals surface area (Å²) in [5.41, 5.74) is 2.95. The Balaban J connectivity index is 1.31. The Hall–Kier alpha value is -1.78. The van der Waals surface area contributed by atoms with Crippen molar-refractivity contribution in [1.82, 2.24) is 5.43 Å². The minimum atomic E-state index is 0.0726. The first kappa shape index (κ1) is 15.7. The standard InChI is InChI=1S/C19H27N3O2/c1-19-10-4-3-7-15(19)17(19)18(23)21-20-13-14-8-9-16(24-14)22-11-5-2-6-12-22/h8-9,13,15,17H,2-7,10-12H2,1H3,(H,21,23). The van der Waals surface area contributed by atoms with Gasteiger partial charge in [-0.1, -0.05) is 19.8 Å². The quantitative estimate of drug-likeness (QED) is 0.679. The molecule has 0 radical (unpaired) electrons. The molecule has 130 valence electrons. The summed E-state index contributed by atoms with van der Waals surface area (Å²) >= 11 is 0. The molecule has 2 aliphatic carbocycles. The van der Waals surface area contributed by atoms with Crippen LogP contribution in [0, 0.1) is 17.3 Å². The fourth-order valence-electron chi connectivity index (χ4n) is 4.78. The van der Waals surface area contributed by atoms with Crippen LogP contribution in [-0.2, 0) is 4.79 Å². The van der Waals surface area contributed by atoms with Gasteiger partial charge in [0.05, 0.1) is 6.21 Å². The van der Waals surface area contributed by atoms with E-state index in [9.17, 15) is 4.79 Å². The normalized spacial score (nSPS) is 32.6. The number of piperidine rings is 1. The van der Waals surface area contributed by atoms with Gasteiger partial charge in [0.15, 0.2) is 5.88 Å². The number of hydrogen-bond donors (Lipinski definition) is 1. The molecule has 1 saturated heterocycles. The summed E-state index contributed by atoms with van der Waals surface area (Å²) in [6.07, 6.45) is 10.2. The van der Waals surface area contributed by atoms with E-state index in [4.69, 9.17) is 4.42 Å². The molecule has 24 heavy (non-hydrogen) atoms. The van der Waals surface area contributed by atoms with Crippen molar-refractivity contribution in [3.8, 4) is 0 Å². The second kappa shape index (κ2) is 6.26. The molecule has 2 heterocycles. The van der Waals surface area contributed by atoms with Gasteiger partial charge in [-0.15, -0.1) is 0 Å². The van der Waals surface area contributed by atoms with Gasteiger partial charge in [-0.05, 0) is 49.5 Å². The van der Waals surface area contributed by atoms with Gasteiger partial charge in [-0.3, -0.25) is 4.79 Å². The van der Waals surface area contributed by atoms with Crippen LogP contribution in [0.15, 0.2) is 21.7 Å². The number of furan rings is 1. The van der Waals surface area contributed by atoms with Crippen LogP contribution in [0.4, 0.5) is 5.88 Å². The first-order valence-corrected chi connectivity index (χ1v) is 9.36. The van der Waals surface area contributed by atoms with Crippen molar-refractivity contribution < 1.29 is 9.21 Å². The van der Waals surface area contributed by atoms with Gasteiger partial charge < -0.3 is 9.32 Å². The van der Waals surface area contributed by atoms with Crippen molar-refractivity contribution >= 4 is 18.0 Å². The number of amides is 1. The van der Waals surface area contributed by atoms with Crippen LogP contribution in [0.2, 0.25) is 0 Å². The Morgan fingerprint density at radius 1 is 1.29 bits per heavy atom. The zero-order valence-corrected chi connectivity index (χ0v) is 14.5. The summed E-state index contributed by atoms with van der Waals surface area (Å²) in [4.78, 5) is 14.6. The topological polar surface area (TPSA) is 57.8 Å². The SMILES string of the molecule is CC12CCCCC1C2C(=O)NN=Cc1ccc(N2CCCCC2)o1. The van der Waals surface area contributed by atoms with Gasteiger partial charge >= 0.3 is 0 Å². The van der Waals surface area contributed by atoms with Crippen LogP contribution >= 0.6 is 0 Å². The summed E-state index contributed by atoms with van der Waals surface area (Å²) in [7, 11) is 0. The zero-order chi connectivity index (χ0) is 16.6. The van der Waals surface area contributed by atoms with Crippen molar-refractivity contribution in [2.24, 2.45) is 22.4 Å². The minimum Gasteiger partial charge on any atom is -0.440 e. The zero-order valence-electron chi connectivity index (χ0n) is 14.5. The number of hydrogen-bond acceptors (Lipinski definition) is 4. The number of nitrogens with one attached hydrogen (secondary N) is 1. The maximum Gasteiger partial charge on any atom is 0.244 e. The fraction of sp³-hybridized carbons (Fsp3) is 0.684. The monoisotopic (exact) mass is 329 g/mol. The lowest BCUT2D eigenvalue weighted by atomic mass is 9.90. The molecule has 3 aliphatic rings. The Kier molecular flexibility index (Phi) is 4.10. The van der Waals surface area contributed by atoms with E-state index in [2.05, 4.69) is 22.4 Å². The Morgan fingerprint density at radius 2 is 2.12 bits per heavy atom. The largest absolute Gasteiger partial charge is 0.440 e. The average Bonchev–Trinajstić information content (AvgIpc) is 2.97. The van der Waals surface area contributed by atoms with E-state index in [0.29, 0.717) is 11.7 Å². The Bertz CT molecular complexity index is 632. The first-order chi connectivity index (χ1) is 11.7. The second-order valence-corrected chi connectivity index (χ2v) is 7.79. The van der Waals surface area contributed by atoms with E-state index in [0.717, 1.165) is 19.0 Å². The molecule has 2 saturated carbocycles. The number of fused-ring (bicyclic) bond motifs is 1. The number of anilines is 1. The summed E-state index contributed by atoms with van der Waals surface area (Å²) in [6.45, 7) is 4.37. The van der Waals surface area contributed by atoms with Crippen LogP contribution in [-0.4, -0.2) is 25.2 Å². The van der Waals surface area contributed by atoms with Crippen molar-refractivity contribution in [2.45, 2.75) is 51.9 Å². The molecule has 1 N–H and O–H groups in total. The molecule has 5 nitrogen and oxygen atoms in total. The predicted octanol–water partition coefficient (Wildman–Crippen LogP) is 3.55. The van der Waals surface area contributed by atoms with E-state index < -0.39 is 0 Å². The van der Waals surface area contributed by atoms with E-state index in [1.807, 2.05) is 12.1 Å². The molecule has 0 spiro atoms. The van der Waals surface area contributed by atoms with Gasteiger partial charge in [0.2, 0.25) is 5.91 Å². The maximum atomic E-state index is 12.4. The molecule has 4 rings (SSSR count). The number of nitrogens with zero attached hydrogens (tertiary/aromatic N) is 2. The highest BCUT2D eigenvalue weighted by molar-refractivity contribution is 5.85. The Labute approximate surface area is 143 Å². The minimum absolute atomic E-state index is 0.0726. The van der Waals surface area contributed by atoms with Crippen LogP contribution in [0.1, 0.15) is 57.6 Å². The third-order valence-corrected chi connectivity index (χ3v) is 6.26. The lowest BCUT2D eigenvalue weighted by Gasteiger charge is -2.25. The molecule has 1 aromatic rings. The van der Waals surface area contributed by atoms with Crippen LogP contribution in [0.3, 0.4) is 0 Å². The molecule has 3 atom stereocenters. The second-order valence-electron chi connectivity index (χ2n) is 7.79. The molecule has 0 bridgehead atoms. The van der Waals surface area contributed by atoms with E-state index >= 15 is 0 Å². The van der Waals surface area contributed by atoms with E-state index in [-0.39, 0.29) is 17.2 Å². The van der Waals surface area contributed by atoms with Gasteiger partial charge in [0.1, 0.15) is 5.76 Å². The molecule has 3 unspecified atom stereocenters. The maximum absolute atomic E-state index is 12.4. The van der Waals surface area contributed by atoms with Crippen molar-refractivity contribution in [1.29, 1.82) is 0 Å². The van der Waals surface area contributed by atoms with Crippen LogP contribution in [0.25, 0.3) is 0 Å². The molecule has 1 aromatic heterocycles. The van der Waals surface area contributed by atoms with Gasteiger partial charge in [-0.25, -0.2) is 5.43 Å². The summed E-state index contributed by atoms with van der Waals surface area (Å²) in [5.74, 6) is 2.38. The smallest absolute Gasteiger partial charge is 0.244 e. The van der Waals surface area contributed by atoms with Gasteiger partial charge in [0, 0.05) is 25.1 Å². The lowest BCUT2D eigenvalue weighted by Crippen LogP contribution is -2.28. The van der Waals surface area contributed by atoms with Crippen LogP contribution < -0.4 is 10.3 Å². The van der Waals surface area contributed by atoms with E-state index in [1.54, 1.807) is 6.21 Å². The van der Waals surface area contributed by atoms with Crippen molar-refractivity contribution in [3.05, 3.63) is 17.9 Å². The lowest BCUT2D eigenvalue weighted by molar-refractivity contribution is -0.123. The molecule has 0 aromatic carbocycles. The van der Waals surface area contributed by atoms with Crippen LogP contribution in [0.5, 0.6) is 0 Å². The van der Waals surface area contributed by atoms with Crippen molar-refractivity contribution in [2.75, 3.05) is 18.0 Å². The molecule has 1 amide bonds. The number of carbonyl (C=O) groups excluding carboxylic acids is 1. The van der Waals surface area contributed by atoms with Crippen molar-refractivity contribution in [3.63, 3.8) is 0 Å². The average molecular weight is 329 g/mol. The number of hydrazone groups is 1. The highest BCUT2D eigenvalue weighted by Gasteiger charge is 2.64. The molecular weight excluding hydrogens is 302 g/mol. The molecular formula is C19H27N3O2. The Morgan fingerprint density at radius 3 is 2.88 bits per heavy atom. The van der Waals surface area contributed by atoms with Gasteiger partial charge in [0.25, 0.3) is 0 Å². The third-order valence-electron chi connectivity index (χ3n) is 6.26. The van der Waals surface area contributed by atoms with Gasteiger partial charge in [-0.2, -0.15) is 5.10 Å². The summed E-state index contributed by atoms with van der Waals surface area (Å²) in [6, 6.07) is 3.91. The molecule has 5 heteroatoms. The fourth-order valence-corrected chi connectivity index (χ4v) is 4.78. The highest BCUT2D eigenvalue weighted by Crippen LogP contribution is 2.66. The number of rotatable bonds is 4. The third kappa shape index (κ3) is 2.85. The van der Waals surface area contributed by atoms with E-state index in [1.165, 1.54) is 44.9 Å². The molecule has 1 aliphatic heterocycles. The summed E-state index contributed by atoms with van der Waals surface area (Å²) < 4.78 is 5.82. The molecule has 3 fully saturated rings.